The third-order valence-corrected chi connectivity index (χ3v) is 6.90. The normalized spacial score (nSPS) is 33.1. The molecule has 3 nitrogen and oxygen atoms in total. The monoisotopic (exact) mass is 313 g/mol. The molecule has 0 bridgehead atoms. The molecule has 3 saturated heterocycles. The molecule has 3 heterocycles. The highest BCUT2D eigenvalue weighted by Gasteiger charge is 2.47. The lowest BCUT2D eigenvalue weighted by molar-refractivity contribution is -0.158. The predicted octanol–water partition coefficient (Wildman–Crippen LogP) is 2.92. The molecular weight excluding hydrogens is 282 g/mol. The summed E-state index contributed by atoms with van der Waals surface area (Å²) in [5, 5.41) is 11.2. The Balaban J connectivity index is 1.60. The second-order valence-corrected chi connectivity index (χ2v) is 8.50. The maximum atomic E-state index is 11.2. The molecule has 21 heavy (non-hydrogen) atoms. The van der Waals surface area contributed by atoms with Crippen LogP contribution < -0.4 is 0 Å². The van der Waals surface area contributed by atoms with Gasteiger partial charge in [-0.1, -0.05) is 6.92 Å². The number of likely N-dealkylation sites (tertiary alicyclic amines) is 1. The summed E-state index contributed by atoms with van der Waals surface area (Å²) in [5.41, 5.74) is -0.323. The first-order chi connectivity index (χ1) is 10.2. The minimum absolute atomic E-state index is 0.102. The molecule has 0 radical (unpaired) electrons. The Morgan fingerprint density at radius 2 is 1.90 bits per heavy atom. The van der Waals surface area contributed by atoms with E-state index in [1.54, 1.807) is 0 Å². The predicted molar refractivity (Wildman–Crippen MR) is 88.9 cm³/mol. The third kappa shape index (κ3) is 3.60. The molecule has 3 rings (SSSR count). The lowest BCUT2D eigenvalue weighted by Gasteiger charge is -2.50. The van der Waals surface area contributed by atoms with Crippen molar-refractivity contribution in [2.45, 2.75) is 63.1 Å². The summed E-state index contributed by atoms with van der Waals surface area (Å²) in [6, 6.07) is 0. The summed E-state index contributed by atoms with van der Waals surface area (Å²) < 4.78 is 6.20. The number of hydrogen-bond donors (Lipinski definition) is 1. The van der Waals surface area contributed by atoms with Crippen molar-refractivity contribution in [3.05, 3.63) is 0 Å². The van der Waals surface area contributed by atoms with Gasteiger partial charge in [-0.2, -0.15) is 11.8 Å². The van der Waals surface area contributed by atoms with Crippen LogP contribution in [0.5, 0.6) is 0 Å². The Morgan fingerprint density at radius 1 is 1.19 bits per heavy atom. The maximum Gasteiger partial charge on any atom is 0.0702 e. The minimum Gasteiger partial charge on any atom is -0.389 e. The summed E-state index contributed by atoms with van der Waals surface area (Å²) >= 11 is 2.06. The standard InChI is InChI=1S/C17H31NO2S/c1-2-8-18-9-4-17(19,5-10-18)15-3-11-20-16(14-15)6-12-21-13-7-16/h15,19H,2-14H2,1H3. The number of hydrogen-bond acceptors (Lipinski definition) is 4. The van der Waals surface area contributed by atoms with Gasteiger partial charge in [0.15, 0.2) is 0 Å². The van der Waals surface area contributed by atoms with Crippen LogP contribution in [0.25, 0.3) is 0 Å². The van der Waals surface area contributed by atoms with Crippen LogP contribution in [0, 0.1) is 5.92 Å². The van der Waals surface area contributed by atoms with Crippen molar-refractivity contribution in [2.24, 2.45) is 5.92 Å². The van der Waals surface area contributed by atoms with E-state index in [0.717, 1.165) is 45.4 Å². The average Bonchev–Trinajstić information content (AvgIpc) is 2.51. The largest absolute Gasteiger partial charge is 0.389 e. The van der Waals surface area contributed by atoms with E-state index in [-0.39, 0.29) is 5.60 Å². The number of ether oxygens (including phenoxy) is 1. The number of nitrogens with zero attached hydrogens (tertiary/aromatic N) is 1. The van der Waals surface area contributed by atoms with Crippen LogP contribution in [0.4, 0.5) is 0 Å². The van der Waals surface area contributed by atoms with E-state index in [9.17, 15) is 5.11 Å². The Labute approximate surface area is 133 Å². The van der Waals surface area contributed by atoms with Crippen molar-refractivity contribution in [1.29, 1.82) is 0 Å². The summed E-state index contributed by atoms with van der Waals surface area (Å²) in [7, 11) is 0. The van der Waals surface area contributed by atoms with Crippen molar-refractivity contribution in [2.75, 3.05) is 37.7 Å². The van der Waals surface area contributed by atoms with Crippen molar-refractivity contribution < 1.29 is 9.84 Å². The molecule has 0 amide bonds. The second kappa shape index (κ2) is 6.77. The van der Waals surface area contributed by atoms with Gasteiger partial charge >= 0.3 is 0 Å². The van der Waals surface area contributed by atoms with Gasteiger partial charge in [0.1, 0.15) is 0 Å². The fourth-order valence-electron chi connectivity index (χ4n) is 4.47. The molecule has 1 spiro atoms. The van der Waals surface area contributed by atoms with Crippen LogP contribution in [0.3, 0.4) is 0 Å². The van der Waals surface area contributed by atoms with E-state index in [1.165, 1.54) is 37.3 Å². The van der Waals surface area contributed by atoms with E-state index in [0.29, 0.717) is 5.92 Å². The van der Waals surface area contributed by atoms with Crippen LogP contribution in [0.1, 0.15) is 51.9 Å². The number of rotatable bonds is 3. The SMILES string of the molecule is CCCN1CCC(O)(C2CCOC3(CCSCC3)C2)CC1. The number of aliphatic hydroxyl groups is 1. The minimum atomic E-state index is -0.425. The van der Waals surface area contributed by atoms with Gasteiger partial charge in [0.05, 0.1) is 11.2 Å². The van der Waals surface area contributed by atoms with E-state index in [4.69, 9.17) is 4.74 Å². The van der Waals surface area contributed by atoms with Gasteiger partial charge in [0.25, 0.3) is 0 Å². The Kier molecular flexibility index (Phi) is 5.19. The van der Waals surface area contributed by atoms with Crippen molar-refractivity contribution in [3.8, 4) is 0 Å². The molecule has 0 aromatic heterocycles. The maximum absolute atomic E-state index is 11.2. The zero-order valence-electron chi connectivity index (χ0n) is 13.5. The Hall–Kier alpha value is 0.230. The first-order valence-corrected chi connectivity index (χ1v) is 9.98. The van der Waals surface area contributed by atoms with E-state index in [1.807, 2.05) is 0 Å². The lowest BCUT2D eigenvalue weighted by Crippen LogP contribution is -2.54. The number of thioether (sulfide) groups is 1. The third-order valence-electron chi connectivity index (χ3n) is 5.92. The van der Waals surface area contributed by atoms with E-state index >= 15 is 0 Å². The first kappa shape index (κ1) is 16.1. The Bertz CT molecular complexity index is 330. The molecule has 1 N–H and O–H groups in total. The molecular formula is C17H31NO2S. The van der Waals surface area contributed by atoms with Crippen LogP contribution >= 0.6 is 11.8 Å². The van der Waals surface area contributed by atoms with Crippen LogP contribution in [0.2, 0.25) is 0 Å². The first-order valence-electron chi connectivity index (χ1n) is 8.82. The van der Waals surface area contributed by atoms with E-state index < -0.39 is 5.60 Å². The molecule has 0 aromatic carbocycles. The highest BCUT2D eigenvalue weighted by atomic mass is 32.2. The van der Waals surface area contributed by atoms with Gasteiger partial charge < -0.3 is 14.7 Å². The molecule has 4 heteroatoms. The van der Waals surface area contributed by atoms with Crippen molar-refractivity contribution in [3.63, 3.8) is 0 Å². The highest BCUT2D eigenvalue weighted by molar-refractivity contribution is 7.99. The molecule has 0 aromatic rings. The van der Waals surface area contributed by atoms with Gasteiger partial charge in [-0.15, -0.1) is 0 Å². The van der Waals surface area contributed by atoms with Crippen molar-refractivity contribution >= 4 is 11.8 Å². The topological polar surface area (TPSA) is 32.7 Å². The smallest absolute Gasteiger partial charge is 0.0702 e. The highest BCUT2D eigenvalue weighted by Crippen LogP contribution is 2.45. The zero-order valence-corrected chi connectivity index (χ0v) is 14.3. The van der Waals surface area contributed by atoms with E-state index in [2.05, 4.69) is 23.6 Å². The summed E-state index contributed by atoms with van der Waals surface area (Å²) in [6.45, 7) is 6.43. The molecule has 1 unspecified atom stereocenters. The van der Waals surface area contributed by atoms with Gasteiger partial charge in [-0.3, -0.25) is 0 Å². The quantitative estimate of drug-likeness (QED) is 0.868. The molecule has 3 aliphatic heterocycles. The number of piperidine rings is 1. The lowest BCUT2D eigenvalue weighted by atomic mass is 9.70. The molecule has 1 atom stereocenters. The molecule has 122 valence electrons. The molecule has 0 saturated carbocycles. The second-order valence-electron chi connectivity index (χ2n) is 7.28. The fourth-order valence-corrected chi connectivity index (χ4v) is 5.70. The summed E-state index contributed by atoms with van der Waals surface area (Å²) in [6.07, 6.45) is 7.66. The van der Waals surface area contributed by atoms with Gasteiger partial charge in [-0.05, 0) is 68.9 Å². The summed E-state index contributed by atoms with van der Waals surface area (Å²) in [4.78, 5) is 2.51. The van der Waals surface area contributed by atoms with Crippen LogP contribution in [-0.4, -0.2) is 59.0 Å². The molecule has 3 fully saturated rings. The van der Waals surface area contributed by atoms with Crippen LogP contribution in [-0.2, 0) is 4.74 Å². The molecule has 0 aliphatic carbocycles. The average molecular weight is 314 g/mol. The Morgan fingerprint density at radius 3 is 2.57 bits per heavy atom. The fraction of sp³-hybridized carbons (Fsp3) is 1.00. The zero-order chi connectivity index (χ0) is 14.8. The van der Waals surface area contributed by atoms with Crippen molar-refractivity contribution in [1.82, 2.24) is 4.90 Å². The van der Waals surface area contributed by atoms with Gasteiger partial charge in [0.2, 0.25) is 0 Å². The van der Waals surface area contributed by atoms with Gasteiger partial charge in [0, 0.05) is 19.7 Å². The molecule has 3 aliphatic rings. The van der Waals surface area contributed by atoms with Gasteiger partial charge in [-0.25, -0.2) is 0 Å². The van der Waals surface area contributed by atoms with Crippen LogP contribution in [0.15, 0.2) is 0 Å². The summed E-state index contributed by atoms with van der Waals surface area (Å²) in [5.74, 6) is 2.92.